The number of carboxylic acid groups (broad SMARTS) is 1. The van der Waals surface area contributed by atoms with Gasteiger partial charge in [-0.05, 0) is 50.3 Å². The van der Waals surface area contributed by atoms with Crippen molar-refractivity contribution in [2.75, 3.05) is 6.61 Å². The summed E-state index contributed by atoms with van der Waals surface area (Å²) < 4.78 is 5.88. The number of rotatable bonds is 10. The van der Waals surface area contributed by atoms with Gasteiger partial charge >= 0.3 is 5.97 Å². The van der Waals surface area contributed by atoms with Gasteiger partial charge in [-0.1, -0.05) is 47.7 Å². The Hall–Kier alpha value is -1.19. The van der Waals surface area contributed by atoms with E-state index < -0.39 is 5.97 Å². The third-order valence-corrected chi connectivity index (χ3v) is 4.78. The van der Waals surface area contributed by atoms with Crippen molar-refractivity contribution in [3.8, 4) is 5.75 Å². The summed E-state index contributed by atoms with van der Waals surface area (Å²) in [4.78, 5) is 10.5. The zero-order valence-electron chi connectivity index (χ0n) is 13.8. The first-order chi connectivity index (χ1) is 11.5. The number of carbonyl (C=O) groups is 1. The minimum Gasteiger partial charge on any atom is -0.493 e. The van der Waals surface area contributed by atoms with Gasteiger partial charge in [0, 0.05) is 22.4 Å². The molecule has 3 nitrogen and oxygen atoms in total. The summed E-state index contributed by atoms with van der Waals surface area (Å²) in [6.07, 6.45) is 9.89. The van der Waals surface area contributed by atoms with E-state index in [-0.39, 0.29) is 6.42 Å². The number of allylic oxidation sites excluding steroid dienone is 1. The van der Waals surface area contributed by atoms with Gasteiger partial charge in [0.15, 0.2) is 0 Å². The number of aliphatic carboxylic acids is 1. The monoisotopic (exact) mass is 370 g/mol. The van der Waals surface area contributed by atoms with Gasteiger partial charge in [0.05, 0.1) is 6.61 Å². The maximum atomic E-state index is 10.5. The third kappa shape index (κ3) is 6.74. The molecule has 1 atom stereocenters. The smallest absolute Gasteiger partial charge is 0.303 e. The maximum absolute atomic E-state index is 10.5. The summed E-state index contributed by atoms with van der Waals surface area (Å²) in [7, 11) is 0. The van der Waals surface area contributed by atoms with Crippen molar-refractivity contribution >= 4 is 29.2 Å². The number of hydrogen-bond acceptors (Lipinski definition) is 2. The second-order valence-electron chi connectivity index (χ2n) is 6.28. The molecule has 24 heavy (non-hydrogen) atoms. The first-order valence-electron chi connectivity index (χ1n) is 8.54. The van der Waals surface area contributed by atoms with Gasteiger partial charge in [-0.25, -0.2) is 0 Å². The second-order valence-corrected chi connectivity index (χ2v) is 7.15. The van der Waals surface area contributed by atoms with E-state index in [0.717, 1.165) is 44.9 Å². The molecule has 0 unspecified atom stereocenters. The lowest BCUT2D eigenvalue weighted by atomic mass is 9.97. The average Bonchev–Trinajstić information content (AvgIpc) is 2.95. The fraction of sp³-hybridized carbons (Fsp3) is 0.526. The van der Waals surface area contributed by atoms with Crippen molar-refractivity contribution in [2.24, 2.45) is 5.92 Å². The zero-order valence-corrected chi connectivity index (χ0v) is 15.3. The second kappa shape index (κ2) is 9.95. The summed E-state index contributed by atoms with van der Waals surface area (Å²) >= 11 is 12.0. The predicted octanol–water partition coefficient (Wildman–Crippen LogP) is 6.13. The Morgan fingerprint density at radius 1 is 1.12 bits per heavy atom. The minimum atomic E-state index is -0.702. The van der Waals surface area contributed by atoms with E-state index in [0.29, 0.717) is 28.3 Å². The molecule has 1 aliphatic rings. The molecule has 0 spiro atoms. The van der Waals surface area contributed by atoms with E-state index >= 15 is 0 Å². The van der Waals surface area contributed by atoms with Gasteiger partial charge < -0.3 is 9.84 Å². The molecular formula is C19H24Cl2O3. The van der Waals surface area contributed by atoms with Gasteiger partial charge in [-0.15, -0.1) is 0 Å². The van der Waals surface area contributed by atoms with Gasteiger partial charge in [0.2, 0.25) is 0 Å². The molecule has 1 aromatic rings. The fourth-order valence-corrected chi connectivity index (χ4v) is 3.59. The minimum absolute atomic E-state index is 0.279. The Bertz CT molecular complexity index is 564. The molecule has 0 bridgehead atoms. The molecule has 1 N–H and O–H groups in total. The molecule has 5 heteroatoms. The highest BCUT2D eigenvalue weighted by atomic mass is 35.5. The number of unbranched alkanes of at least 4 members (excludes halogenated alkanes) is 3. The molecule has 0 saturated heterocycles. The number of ether oxygens (including phenoxy) is 1. The Morgan fingerprint density at radius 3 is 2.54 bits per heavy atom. The lowest BCUT2D eigenvalue weighted by molar-refractivity contribution is -0.137. The average molecular weight is 371 g/mol. The van der Waals surface area contributed by atoms with Gasteiger partial charge in [-0.2, -0.15) is 0 Å². The molecule has 132 valence electrons. The van der Waals surface area contributed by atoms with Crippen LogP contribution in [0.2, 0.25) is 10.0 Å². The van der Waals surface area contributed by atoms with E-state index in [4.69, 9.17) is 33.0 Å². The predicted molar refractivity (Wildman–Crippen MR) is 98.1 cm³/mol. The van der Waals surface area contributed by atoms with Gasteiger partial charge in [-0.3, -0.25) is 4.79 Å². The Balaban J connectivity index is 1.69. The van der Waals surface area contributed by atoms with Crippen molar-refractivity contribution in [2.45, 2.75) is 51.4 Å². The van der Waals surface area contributed by atoms with Crippen molar-refractivity contribution < 1.29 is 14.6 Å². The highest BCUT2D eigenvalue weighted by molar-refractivity contribution is 6.34. The molecule has 1 aliphatic carbocycles. The van der Waals surface area contributed by atoms with Crippen LogP contribution < -0.4 is 4.74 Å². The van der Waals surface area contributed by atoms with Crippen molar-refractivity contribution in [1.82, 2.24) is 0 Å². The fourth-order valence-electron chi connectivity index (χ4n) is 3.09. The van der Waals surface area contributed by atoms with Crippen LogP contribution in [0.3, 0.4) is 0 Å². The molecule has 0 radical (unpaired) electrons. The third-order valence-electron chi connectivity index (χ3n) is 4.34. The standard InChI is InChI=1S/C19H24Cl2O3/c20-16-10-17(21)12-18(11-16)24-13-15-8-5-7-14(15)6-3-1-2-4-9-19(22)23/h7,10-12,15H,1-6,8-9,13H2,(H,22,23)/t15-/m1/s1. The molecule has 0 heterocycles. The van der Waals surface area contributed by atoms with Crippen LogP contribution in [0.1, 0.15) is 51.4 Å². The summed E-state index contributed by atoms with van der Waals surface area (Å²) in [5.74, 6) is 0.473. The van der Waals surface area contributed by atoms with Crippen molar-refractivity contribution in [1.29, 1.82) is 0 Å². The van der Waals surface area contributed by atoms with Crippen LogP contribution in [0, 0.1) is 5.92 Å². The van der Waals surface area contributed by atoms with E-state index in [9.17, 15) is 4.79 Å². The van der Waals surface area contributed by atoms with E-state index in [1.807, 2.05) is 0 Å². The molecule has 2 rings (SSSR count). The zero-order chi connectivity index (χ0) is 17.4. The molecule has 0 saturated carbocycles. The number of hydrogen-bond donors (Lipinski definition) is 1. The van der Waals surface area contributed by atoms with E-state index in [1.54, 1.807) is 18.2 Å². The van der Waals surface area contributed by atoms with E-state index in [1.165, 1.54) is 5.57 Å². The number of halogens is 2. The highest BCUT2D eigenvalue weighted by Gasteiger charge is 2.19. The van der Waals surface area contributed by atoms with Gasteiger partial charge in [0.1, 0.15) is 5.75 Å². The summed E-state index contributed by atoms with van der Waals surface area (Å²) in [6.45, 7) is 0.654. The maximum Gasteiger partial charge on any atom is 0.303 e. The van der Waals surface area contributed by atoms with Crippen LogP contribution in [0.5, 0.6) is 5.75 Å². The Labute approximate surface area is 153 Å². The Kier molecular flexibility index (Phi) is 7.93. The molecule has 0 aliphatic heterocycles. The summed E-state index contributed by atoms with van der Waals surface area (Å²) in [5, 5.41) is 9.79. The van der Waals surface area contributed by atoms with Crippen molar-refractivity contribution in [3.05, 3.63) is 39.9 Å². The van der Waals surface area contributed by atoms with Crippen LogP contribution in [0.15, 0.2) is 29.8 Å². The Morgan fingerprint density at radius 2 is 1.83 bits per heavy atom. The SMILES string of the molecule is O=C(O)CCCCCCC1=CCC[C@@H]1COc1cc(Cl)cc(Cl)c1. The topological polar surface area (TPSA) is 46.5 Å². The lowest BCUT2D eigenvalue weighted by Gasteiger charge is -2.16. The molecular weight excluding hydrogens is 347 g/mol. The highest BCUT2D eigenvalue weighted by Crippen LogP contribution is 2.31. The summed E-state index contributed by atoms with van der Waals surface area (Å²) in [6, 6.07) is 5.27. The molecule has 1 aromatic carbocycles. The van der Waals surface area contributed by atoms with Crippen LogP contribution in [0.4, 0.5) is 0 Å². The molecule has 0 amide bonds. The van der Waals surface area contributed by atoms with Crippen LogP contribution >= 0.6 is 23.2 Å². The molecule has 0 aromatic heterocycles. The van der Waals surface area contributed by atoms with E-state index in [2.05, 4.69) is 6.08 Å². The number of benzene rings is 1. The summed E-state index contributed by atoms with van der Waals surface area (Å²) in [5.41, 5.74) is 1.47. The molecule has 0 fully saturated rings. The number of carboxylic acids is 1. The van der Waals surface area contributed by atoms with Crippen LogP contribution in [-0.2, 0) is 4.79 Å². The largest absolute Gasteiger partial charge is 0.493 e. The lowest BCUT2D eigenvalue weighted by Crippen LogP contribution is -2.11. The van der Waals surface area contributed by atoms with Crippen LogP contribution in [0.25, 0.3) is 0 Å². The van der Waals surface area contributed by atoms with Crippen molar-refractivity contribution in [3.63, 3.8) is 0 Å². The normalized spacial score (nSPS) is 16.9. The first-order valence-corrected chi connectivity index (χ1v) is 9.30. The quantitative estimate of drug-likeness (QED) is 0.397. The first kappa shape index (κ1) is 19.1. The van der Waals surface area contributed by atoms with Gasteiger partial charge in [0.25, 0.3) is 0 Å². The van der Waals surface area contributed by atoms with Crippen LogP contribution in [-0.4, -0.2) is 17.7 Å².